The van der Waals surface area contributed by atoms with Crippen LogP contribution in [0.15, 0.2) is 77.7 Å². The van der Waals surface area contributed by atoms with Crippen molar-refractivity contribution in [3.05, 3.63) is 93.4 Å². The summed E-state index contributed by atoms with van der Waals surface area (Å²) in [5.74, 6) is -0.987. The highest BCUT2D eigenvalue weighted by atomic mass is 35.5. The predicted molar refractivity (Wildman–Crippen MR) is 157 cm³/mol. The van der Waals surface area contributed by atoms with Crippen LogP contribution in [0.4, 0.5) is 5.69 Å². The van der Waals surface area contributed by atoms with E-state index >= 15 is 0 Å². The quantitative estimate of drug-likeness (QED) is 0.281. The van der Waals surface area contributed by atoms with E-state index in [0.29, 0.717) is 22.0 Å². The Balaban J connectivity index is 2.06. The lowest BCUT2D eigenvalue weighted by molar-refractivity contribution is -0.139. The molecular formula is C28H30Cl3N3O4S. The number of nitrogens with zero attached hydrogens (tertiary/aromatic N) is 2. The fourth-order valence-corrected chi connectivity index (χ4v) is 5.99. The second kappa shape index (κ2) is 13.5. The van der Waals surface area contributed by atoms with Gasteiger partial charge in [-0.1, -0.05) is 78.1 Å². The van der Waals surface area contributed by atoms with E-state index in [1.807, 2.05) is 13.8 Å². The van der Waals surface area contributed by atoms with Crippen LogP contribution < -0.4 is 9.62 Å². The summed E-state index contributed by atoms with van der Waals surface area (Å²) in [6, 6.07) is 18.0. The van der Waals surface area contributed by atoms with Crippen LogP contribution >= 0.6 is 34.8 Å². The minimum Gasteiger partial charge on any atom is -0.352 e. The van der Waals surface area contributed by atoms with Gasteiger partial charge in [-0.15, -0.1) is 0 Å². The summed E-state index contributed by atoms with van der Waals surface area (Å²) in [4.78, 5) is 28.3. The highest BCUT2D eigenvalue weighted by Gasteiger charge is 2.33. The molecule has 3 aromatic carbocycles. The molecule has 3 aromatic rings. The van der Waals surface area contributed by atoms with Crippen LogP contribution in [0.25, 0.3) is 0 Å². The smallest absolute Gasteiger partial charge is 0.264 e. The maximum atomic E-state index is 13.9. The van der Waals surface area contributed by atoms with Crippen LogP contribution in [0.3, 0.4) is 0 Å². The molecule has 208 valence electrons. The first-order valence-electron chi connectivity index (χ1n) is 12.3. The number of benzene rings is 3. The van der Waals surface area contributed by atoms with E-state index in [1.165, 1.54) is 35.2 Å². The molecule has 2 unspecified atom stereocenters. The molecule has 0 saturated carbocycles. The first-order chi connectivity index (χ1) is 18.4. The Labute approximate surface area is 244 Å². The van der Waals surface area contributed by atoms with Crippen molar-refractivity contribution in [1.29, 1.82) is 0 Å². The van der Waals surface area contributed by atoms with Crippen LogP contribution in [-0.4, -0.2) is 43.8 Å². The number of rotatable bonds is 11. The fourth-order valence-electron chi connectivity index (χ4n) is 3.77. The molecule has 11 heteroatoms. The molecule has 39 heavy (non-hydrogen) atoms. The summed E-state index contributed by atoms with van der Waals surface area (Å²) in [5.41, 5.74) is 0.686. The van der Waals surface area contributed by atoms with Gasteiger partial charge in [0.2, 0.25) is 11.8 Å². The number of nitrogens with one attached hydrogen (secondary N) is 1. The Bertz CT molecular complexity index is 1420. The minimum absolute atomic E-state index is 0.0127. The summed E-state index contributed by atoms with van der Waals surface area (Å²) in [7, 11) is -4.24. The van der Waals surface area contributed by atoms with E-state index in [1.54, 1.807) is 49.4 Å². The molecule has 0 fully saturated rings. The monoisotopic (exact) mass is 609 g/mol. The third kappa shape index (κ3) is 7.66. The summed E-state index contributed by atoms with van der Waals surface area (Å²) in [6.07, 6.45) is 0.703. The molecule has 0 heterocycles. The van der Waals surface area contributed by atoms with Crippen LogP contribution in [0, 0.1) is 0 Å². The highest BCUT2D eigenvalue weighted by molar-refractivity contribution is 7.92. The van der Waals surface area contributed by atoms with Crippen LogP contribution in [0.2, 0.25) is 15.1 Å². The zero-order chi connectivity index (χ0) is 28.7. The topological polar surface area (TPSA) is 86.8 Å². The summed E-state index contributed by atoms with van der Waals surface area (Å²) < 4.78 is 28.5. The zero-order valence-electron chi connectivity index (χ0n) is 21.8. The number of carbonyl (C=O) groups excluding carboxylic acids is 2. The van der Waals surface area contributed by atoms with E-state index in [-0.39, 0.29) is 34.1 Å². The average Bonchev–Trinajstić information content (AvgIpc) is 2.91. The molecule has 0 aliphatic rings. The number of anilines is 1. The van der Waals surface area contributed by atoms with Gasteiger partial charge in [-0.2, -0.15) is 0 Å². The number of carbonyl (C=O) groups is 2. The lowest BCUT2D eigenvalue weighted by Gasteiger charge is -2.33. The Kier molecular flexibility index (Phi) is 10.7. The van der Waals surface area contributed by atoms with Crippen LogP contribution in [-0.2, 0) is 26.2 Å². The van der Waals surface area contributed by atoms with Gasteiger partial charge in [-0.3, -0.25) is 13.9 Å². The van der Waals surface area contributed by atoms with Gasteiger partial charge < -0.3 is 10.2 Å². The van der Waals surface area contributed by atoms with E-state index in [2.05, 4.69) is 5.32 Å². The number of sulfonamides is 1. The number of hydrogen-bond acceptors (Lipinski definition) is 4. The number of hydrogen-bond donors (Lipinski definition) is 1. The van der Waals surface area contributed by atoms with Crippen molar-refractivity contribution in [2.45, 2.75) is 50.7 Å². The summed E-state index contributed by atoms with van der Waals surface area (Å²) >= 11 is 18.9. The molecule has 0 spiro atoms. The molecule has 3 rings (SSSR count). The molecule has 2 atom stereocenters. The highest BCUT2D eigenvalue weighted by Crippen LogP contribution is 2.33. The van der Waals surface area contributed by atoms with Gasteiger partial charge in [0.1, 0.15) is 12.6 Å². The molecular weight excluding hydrogens is 581 g/mol. The van der Waals surface area contributed by atoms with Gasteiger partial charge >= 0.3 is 0 Å². The number of amides is 2. The molecule has 7 nitrogen and oxygen atoms in total. The minimum atomic E-state index is -4.24. The first-order valence-corrected chi connectivity index (χ1v) is 14.9. The Morgan fingerprint density at radius 2 is 1.54 bits per heavy atom. The molecule has 0 saturated heterocycles. The third-order valence-electron chi connectivity index (χ3n) is 6.26. The lowest BCUT2D eigenvalue weighted by Crippen LogP contribution is -2.52. The molecule has 0 radical (unpaired) electrons. The maximum absolute atomic E-state index is 13.9. The van der Waals surface area contributed by atoms with E-state index in [4.69, 9.17) is 34.8 Å². The van der Waals surface area contributed by atoms with Gasteiger partial charge in [-0.05, 0) is 62.2 Å². The van der Waals surface area contributed by atoms with E-state index < -0.39 is 28.5 Å². The van der Waals surface area contributed by atoms with Gasteiger partial charge in [0, 0.05) is 22.6 Å². The van der Waals surface area contributed by atoms with Crippen molar-refractivity contribution in [2.75, 3.05) is 10.8 Å². The van der Waals surface area contributed by atoms with Gasteiger partial charge in [-0.25, -0.2) is 8.42 Å². The largest absolute Gasteiger partial charge is 0.352 e. The number of halogens is 3. The van der Waals surface area contributed by atoms with Gasteiger partial charge in [0.15, 0.2) is 0 Å². The molecule has 0 aliphatic heterocycles. The van der Waals surface area contributed by atoms with Crippen molar-refractivity contribution in [2.24, 2.45) is 0 Å². The molecule has 0 aromatic heterocycles. The normalized spacial score (nSPS) is 12.9. The standard InChI is InChI=1S/C28H30Cl3N3O4S/c1-4-19(2)32-28(36)20(3)33(17-21-10-8-9-13-24(21)30)27(35)18-34(26-15-14-22(29)16-25(26)31)39(37,38)23-11-6-5-7-12-23/h5-16,19-20H,4,17-18H2,1-3H3,(H,32,36). The Morgan fingerprint density at radius 3 is 2.15 bits per heavy atom. The Hall–Kier alpha value is -2.78. The SMILES string of the molecule is CCC(C)NC(=O)C(C)N(Cc1ccccc1Cl)C(=O)CN(c1ccc(Cl)cc1Cl)S(=O)(=O)c1ccccc1. The van der Waals surface area contributed by atoms with Crippen molar-refractivity contribution >= 4 is 62.3 Å². The molecule has 2 amide bonds. The molecule has 0 bridgehead atoms. The molecule has 1 N–H and O–H groups in total. The van der Waals surface area contributed by atoms with Crippen molar-refractivity contribution in [1.82, 2.24) is 10.2 Å². The second-order valence-corrected chi connectivity index (χ2v) is 12.1. The molecule has 0 aliphatic carbocycles. The van der Waals surface area contributed by atoms with E-state index in [0.717, 1.165) is 4.31 Å². The maximum Gasteiger partial charge on any atom is 0.264 e. The van der Waals surface area contributed by atoms with Crippen molar-refractivity contribution in [3.8, 4) is 0 Å². The predicted octanol–water partition coefficient (Wildman–Crippen LogP) is 6.17. The van der Waals surface area contributed by atoms with Gasteiger partial charge in [0.25, 0.3) is 10.0 Å². The Morgan fingerprint density at radius 1 is 0.897 bits per heavy atom. The van der Waals surface area contributed by atoms with Crippen molar-refractivity contribution in [3.63, 3.8) is 0 Å². The second-order valence-electron chi connectivity index (χ2n) is 9.03. The van der Waals surface area contributed by atoms with Gasteiger partial charge in [0.05, 0.1) is 15.6 Å². The van der Waals surface area contributed by atoms with Crippen LogP contribution in [0.1, 0.15) is 32.8 Å². The van der Waals surface area contributed by atoms with E-state index in [9.17, 15) is 18.0 Å². The van der Waals surface area contributed by atoms with Crippen molar-refractivity contribution < 1.29 is 18.0 Å². The third-order valence-corrected chi connectivity index (χ3v) is 8.94. The lowest BCUT2D eigenvalue weighted by atomic mass is 10.1. The first kappa shape index (κ1) is 30.8. The van der Waals surface area contributed by atoms with Crippen LogP contribution in [0.5, 0.6) is 0 Å². The zero-order valence-corrected chi connectivity index (χ0v) is 24.9. The summed E-state index contributed by atoms with van der Waals surface area (Å²) in [6.45, 7) is 4.76. The average molecular weight is 611 g/mol. The summed E-state index contributed by atoms with van der Waals surface area (Å²) in [5, 5.41) is 3.66. The fraction of sp³-hybridized carbons (Fsp3) is 0.286.